The first-order valence-electron chi connectivity index (χ1n) is 5.55. The average molecular weight is 275 g/mol. The van der Waals surface area contributed by atoms with Crippen molar-refractivity contribution in [1.82, 2.24) is 0 Å². The zero-order chi connectivity index (χ0) is 12.7. The first kappa shape index (κ1) is 14.7. The normalized spacial score (nSPS) is 11.8. The minimum atomic E-state index is -2.41. The molecule has 0 heterocycles. The van der Waals surface area contributed by atoms with Crippen LogP contribution in [-0.4, -0.2) is 30.1 Å². The van der Waals surface area contributed by atoms with Crippen LogP contribution in [0.15, 0.2) is 24.3 Å². The van der Waals surface area contributed by atoms with E-state index in [1.807, 2.05) is 24.3 Å². The van der Waals surface area contributed by atoms with Crippen molar-refractivity contribution in [3.05, 3.63) is 34.9 Å². The van der Waals surface area contributed by atoms with Gasteiger partial charge in [0.2, 0.25) is 0 Å². The van der Waals surface area contributed by atoms with Crippen LogP contribution >= 0.6 is 11.6 Å². The van der Waals surface area contributed by atoms with E-state index in [-0.39, 0.29) is 0 Å². The lowest BCUT2D eigenvalue weighted by atomic mass is 10.1. The summed E-state index contributed by atoms with van der Waals surface area (Å²) in [5.41, 5.74) is 1.26. The Balaban J connectivity index is 2.43. The zero-order valence-corrected chi connectivity index (χ0v) is 12.3. The van der Waals surface area contributed by atoms with Gasteiger partial charge >= 0.3 is 8.80 Å². The molecule has 0 bridgehead atoms. The molecule has 0 aromatic heterocycles. The third-order valence-electron chi connectivity index (χ3n) is 2.79. The fourth-order valence-corrected chi connectivity index (χ4v) is 3.56. The summed E-state index contributed by atoms with van der Waals surface area (Å²) in [7, 11) is 2.51. The Hall–Kier alpha value is -0.393. The van der Waals surface area contributed by atoms with Crippen molar-refractivity contribution < 1.29 is 13.3 Å². The Morgan fingerprint density at radius 2 is 1.53 bits per heavy atom. The van der Waals surface area contributed by atoms with Gasteiger partial charge in [-0.05, 0) is 30.5 Å². The largest absolute Gasteiger partial charge is 0.500 e. The summed E-state index contributed by atoms with van der Waals surface area (Å²) < 4.78 is 16.1. The number of benzene rings is 1. The van der Waals surface area contributed by atoms with Crippen LogP contribution in [-0.2, 0) is 19.7 Å². The second kappa shape index (κ2) is 7.13. The predicted molar refractivity (Wildman–Crippen MR) is 71.4 cm³/mol. The highest BCUT2D eigenvalue weighted by molar-refractivity contribution is 6.60. The first-order chi connectivity index (χ1) is 8.15. The fraction of sp³-hybridized carbons (Fsp3) is 0.500. The maximum atomic E-state index is 5.83. The summed E-state index contributed by atoms with van der Waals surface area (Å²) in [4.78, 5) is 0. The molecule has 0 aliphatic carbocycles. The summed E-state index contributed by atoms with van der Waals surface area (Å²) in [5.74, 6) is 0. The molecule has 17 heavy (non-hydrogen) atoms. The summed E-state index contributed by atoms with van der Waals surface area (Å²) in [6, 6.07) is 8.71. The molecule has 0 amide bonds. The van der Waals surface area contributed by atoms with E-state index in [0.717, 1.165) is 23.9 Å². The lowest BCUT2D eigenvalue weighted by Crippen LogP contribution is -2.42. The molecule has 0 saturated carbocycles. The van der Waals surface area contributed by atoms with E-state index in [4.69, 9.17) is 24.9 Å². The molecule has 5 heteroatoms. The van der Waals surface area contributed by atoms with Crippen LogP contribution in [0, 0.1) is 0 Å². The van der Waals surface area contributed by atoms with Gasteiger partial charge in [0.1, 0.15) is 0 Å². The standard InChI is InChI=1S/C12H19ClO3Si/c1-14-17(15-2,16-3)10-4-5-11-6-8-12(13)9-7-11/h6-9H,4-5,10H2,1-3H3. The highest BCUT2D eigenvalue weighted by Gasteiger charge is 2.36. The molecule has 0 unspecified atom stereocenters. The minimum Gasteiger partial charge on any atom is -0.377 e. The van der Waals surface area contributed by atoms with Crippen molar-refractivity contribution in [3.8, 4) is 0 Å². The van der Waals surface area contributed by atoms with Gasteiger partial charge in [0, 0.05) is 32.4 Å². The monoisotopic (exact) mass is 274 g/mol. The number of aryl methyl sites for hydroxylation is 1. The lowest BCUT2D eigenvalue weighted by Gasteiger charge is -2.24. The van der Waals surface area contributed by atoms with Gasteiger partial charge in [0.25, 0.3) is 0 Å². The van der Waals surface area contributed by atoms with Crippen molar-refractivity contribution in [1.29, 1.82) is 0 Å². The van der Waals surface area contributed by atoms with Crippen molar-refractivity contribution in [2.75, 3.05) is 21.3 Å². The molecule has 0 fully saturated rings. The van der Waals surface area contributed by atoms with E-state index < -0.39 is 8.80 Å². The summed E-state index contributed by atoms with van der Waals surface area (Å²) >= 11 is 5.83. The molecule has 0 radical (unpaired) electrons. The third-order valence-corrected chi connectivity index (χ3v) is 5.88. The van der Waals surface area contributed by atoms with E-state index in [1.165, 1.54) is 5.56 Å². The quantitative estimate of drug-likeness (QED) is 0.715. The van der Waals surface area contributed by atoms with Crippen molar-refractivity contribution >= 4 is 20.4 Å². The van der Waals surface area contributed by atoms with Gasteiger partial charge in [-0.2, -0.15) is 0 Å². The molecule has 1 aromatic carbocycles. The molecule has 0 aliphatic rings. The summed E-state index contributed by atoms with van der Waals surface area (Å²) in [6.07, 6.45) is 1.95. The number of hydrogen-bond donors (Lipinski definition) is 0. The van der Waals surface area contributed by atoms with Crippen LogP contribution in [0.3, 0.4) is 0 Å². The van der Waals surface area contributed by atoms with Gasteiger partial charge in [-0.1, -0.05) is 23.7 Å². The maximum Gasteiger partial charge on any atom is 0.500 e. The first-order valence-corrected chi connectivity index (χ1v) is 7.86. The molecule has 0 aliphatic heterocycles. The van der Waals surface area contributed by atoms with Gasteiger partial charge in [0.05, 0.1) is 0 Å². The van der Waals surface area contributed by atoms with Gasteiger partial charge in [0.15, 0.2) is 0 Å². The number of hydrogen-bond acceptors (Lipinski definition) is 3. The van der Waals surface area contributed by atoms with Crippen molar-refractivity contribution in [3.63, 3.8) is 0 Å². The Bertz CT molecular complexity index is 317. The molecule has 0 saturated heterocycles. The SMILES string of the molecule is CO[Si](CCCc1ccc(Cl)cc1)(OC)OC. The van der Waals surface area contributed by atoms with E-state index in [1.54, 1.807) is 21.3 Å². The van der Waals surface area contributed by atoms with Gasteiger partial charge < -0.3 is 13.3 Å². The predicted octanol–water partition coefficient (Wildman–Crippen LogP) is 3.15. The highest BCUT2D eigenvalue weighted by Crippen LogP contribution is 2.18. The van der Waals surface area contributed by atoms with Crippen molar-refractivity contribution in [2.45, 2.75) is 18.9 Å². The molecular formula is C12H19ClO3Si. The molecule has 96 valence electrons. The van der Waals surface area contributed by atoms with Crippen LogP contribution in [0.2, 0.25) is 11.1 Å². The van der Waals surface area contributed by atoms with Crippen LogP contribution < -0.4 is 0 Å². The molecule has 1 rings (SSSR count). The van der Waals surface area contributed by atoms with Crippen LogP contribution in [0.1, 0.15) is 12.0 Å². The average Bonchev–Trinajstić information content (AvgIpc) is 2.38. The molecule has 3 nitrogen and oxygen atoms in total. The molecular weight excluding hydrogens is 256 g/mol. The zero-order valence-electron chi connectivity index (χ0n) is 10.5. The van der Waals surface area contributed by atoms with Gasteiger partial charge in [-0.25, -0.2) is 0 Å². The fourth-order valence-electron chi connectivity index (χ4n) is 1.72. The summed E-state index contributed by atoms with van der Waals surface area (Å²) in [6.45, 7) is 0. The van der Waals surface area contributed by atoms with Crippen molar-refractivity contribution in [2.24, 2.45) is 0 Å². The van der Waals surface area contributed by atoms with E-state index in [0.29, 0.717) is 0 Å². The Morgan fingerprint density at radius 3 is 2.00 bits per heavy atom. The van der Waals surface area contributed by atoms with E-state index in [2.05, 4.69) is 0 Å². The minimum absolute atomic E-state index is 0.767. The Labute approximate surface area is 109 Å². The van der Waals surface area contributed by atoms with Crippen LogP contribution in [0.5, 0.6) is 0 Å². The second-order valence-corrected chi connectivity index (χ2v) is 7.30. The smallest absolute Gasteiger partial charge is 0.377 e. The molecule has 0 N–H and O–H groups in total. The van der Waals surface area contributed by atoms with Crippen LogP contribution in [0.25, 0.3) is 0 Å². The number of halogens is 1. The Morgan fingerprint density at radius 1 is 1.00 bits per heavy atom. The van der Waals surface area contributed by atoms with Gasteiger partial charge in [-0.3, -0.25) is 0 Å². The molecule has 0 spiro atoms. The number of rotatable bonds is 7. The molecule has 1 aromatic rings. The lowest BCUT2D eigenvalue weighted by molar-refractivity contribution is 0.123. The van der Waals surface area contributed by atoms with Crippen LogP contribution in [0.4, 0.5) is 0 Å². The third kappa shape index (κ3) is 4.41. The highest BCUT2D eigenvalue weighted by atomic mass is 35.5. The van der Waals surface area contributed by atoms with Gasteiger partial charge in [-0.15, -0.1) is 0 Å². The molecule has 0 atom stereocenters. The maximum absolute atomic E-state index is 5.83. The Kier molecular flexibility index (Phi) is 6.15. The second-order valence-electron chi connectivity index (χ2n) is 3.78. The topological polar surface area (TPSA) is 27.7 Å². The summed E-state index contributed by atoms with van der Waals surface area (Å²) in [5, 5.41) is 0.767. The van der Waals surface area contributed by atoms with E-state index >= 15 is 0 Å². The van der Waals surface area contributed by atoms with E-state index in [9.17, 15) is 0 Å².